The first-order chi connectivity index (χ1) is 8.06. The van der Waals surface area contributed by atoms with Crippen LogP contribution in [-0.2, 0) is 4.74 Å². The Kier molecular flexibility index (Phi) is 3.64. The van der Waals surface area contributed by atoms with Crippen molar-refractivity contribution in [2.24, 2.45) is 5.73 Å². The molecule has 0 spiro atoms. The predicted octanol–water partition coefficient (Wildman–Crippen LogP) is 1.71. The Balaban J connectivity index is 2.11. The molecule has 1 fully saturated rings. The van der Waals surface area contributed by atoms with Gasteiger partial charge in [0.15, 0.2) is 0 Å². The fourth-order valence-electron chi connectivity index (χ4n) is 2.24. The van der Waals surface area contributed by atoms with Gasteiger partial charge in [0.25, 0.3) is 0 Å². The van der Waals surface area contributed by atoms with E-state index in [-0.39, 0.29) is 18.2 Å². The average Bonchev–Trinajstić information content (AvgIpc) is 2.28. The zero-order valence-electron chi connectivity index (χ0n) is 10.8. The lowest BCUT2D eigenvalue weighted by atomic mass is 10.2. The molecule has 1 aromatic heterocycles. The standard InChI is InChI=1S/C13H21N3O/c1-9-7-16(8-10(2)17-9)12-4-5-13(11(3)14)15-6-12/h4-6,9-11H,7-8,14H2,1-3H3/t9-,10+,11-/m1/s1. The Morgan fingerprint density at radius 3 is 2.47 bits per heavy atom. The van der Waals surface area contributed by atoms with E-state index in [1.54, 1.807) is 0 Å². The van der Waals surface area contributed by atoms with Gasteiger partial charge >= 0.3 is 0 Å². The third kappa shape index (κ3) is 2.96. The van der Waals surface area contributed by atoms with Gasteiger partial charge in [-0.2, -0.15) is 0 Å². The maximum Gasteiger partial charge on any atom is 0.0726 e. The molecule has 1 aliphatic heterocycles. The highest BCUT2D eigenvalue weighted by atomic mass is 16.5. The lowest BCUT2D eigenvalue weighted by molar-refractivity contribution is -0.00523. The molecule has 17 heavy (non-hydrogen) atoms. The zero-order chi connectivity index (χ0) is 12.4. The van der Waals surface area contributed by atoms with Crippen LogP contribution >= 0.6 is 0 Å². The summed E-state index contributed by atoms with van der Waals surface area (Å²) in [4.78, 5) is 6.71. The molecule has 0 bridgehead atoms. The number of morpholine rings is 1. The van der Waals surface area contributed by atoms with Gasteiger partial charge in [-0.05, 0) is 32.9 Å². The summed E-state index contributed by atoms with van der Waals surface area (Å²) in [6.45, 7) is 7.99. The number of hydrogen-bond donors (Lipinski definition) is 1. The zero-order valence-corrected chi connectivity index (χ0v) is 10.8. The van der Waals surface area contributed by atoms with E-state index in [9.17, 15) is 0 Å². The van der Waals surface area contributed by atoms with E-state index in [4.69, 9.17) is 10.5 Å². The van der Waals surface area contributed by atoms with Gasteiger partial charge in [-0.3, -0.25) is 4.98 Å². The first-order valence-electron chi connectivity index (χ1n) is 6.18. The number of nitrogens with zero attached hydrogens (tertiary/aromatic N) is 2. The van der Waals surface area contributed by atoms with Crippen LogP contribution in [0.4, 0.5) is 5.69 Å². The molecule has 0 saturated carbocycles. The summed E-state index contributed by atoms with van der Waals surface area (Å²) >= 11 is 0. The second-order valence-electron chi connectivity index (χ2n) is 4.89. The molecule has 2 heterocycles. The van der Waals surface area contributed by atoms with E-state index in [2.05, 4.69) is 29.8 Å². The fourth-order valence-corrected chi connectivity index (χ4v) is 2.24. The van der Waals surface area contributed by atoms with E-state index in [0.717, 1.165) is 24.5 Å². The quantitative estimate of drug-likeness (QED) is 0.848. The minimum atomic E-state index is -0.00779. The Labute approximate surface area is 103 Å². The molecule has 1 saturated heterocycles. The topological polar surface area (TPSA) is 51.4 Å². The molecule has 0 radical (unpaired) electrons. The number of aromatic nitrogens is 1. The van der Waals surface area contributed by atoms with E-state index in [0.29, 0.717) is 0 Å². The van der Waals surface area contributed by atoms with Gasteiger partial charge in [-0.1, -0.05) is 0 Å². The van der Waals surface area contributed by atoms with E-state index in [1.165, 1.54) is 0 Å². The number of rotatable bonds is 2. The Morgan fingerprint density at radius 1 is 1.35 bits per heavy atom. The molecule has 94 valence electrons. The smallest absolute Gasteiger partial charge is 0.0726 e. The minimum absolute atomic E-state index is 0.00779. The number of pyridine rings is 1. The molecule has 3 atom stereocenters. The summed E-state index contributed by atoms with van der Waals surface area (Å²) in [5.74, 6) is 0. The molecule has 0 aromatic carbocycles. The molecule has 0 unspecified atom stereocenters. The highest BCUT2D eigenvalue weighted by Gasteiger charge is 2.22. The summed E-state index contributed by atoms with van der Waals surface area (Å²) in [5, 5.41) is 0. The Hall–Kier alpha value is -1.13. The van der Waals surface area contributed by atoms with Crippen LogP contribution in [0.25, 0.3) is 0 Å². The first-order valence-corrected chi connectivity index (χ1v) is 6.18. The van der Waals surface area contributed by atoms with Crippen LogP contribution in [0.1, 0.15) is 32.5 Å². The van der Waals surface area contributed by atoms with Crippen molar-refractivity contribution in [1.29, 1.82) is 0 Å². The monoisotopic (exact) mass is 235 g/mol. The summed E-state index contributed by atoms with van der Waals surface area (Å²) in [6, 6.07) is 4.09. The van der Waals surface area contributed by atoms with Crippen molar-refractivity contribution in [3.63, 3.8) is 0 Å². The van der Waals surface area contributed by atoms with Crippen molar-refractivity contribution in [1.82, 2.24) is 4.98 Å². The number of anilines is 1. The molecule has 2 rings (SSSR count). The van der Waals surface area contributed by atoms with Gasteiger partial charge in [-0.25, -0.2) is 0 Å². The van der Waals surface area contributed by atoms with Crippen molar-refractivity contribution >= 4 is 5.69 Å². The van der Waals surface area contributed by atoms with Gasteiger partial charge in [0.2, 0.25) is 0 Å². The molecule has 0 amide bonds. The second kappa shape index (κ2) is 5.02. The summed E-state index contributed by atoms with van der Waals surface area (Å²) in [7, 11) is 0. The summed E-state index contributed by atoms with van der Waals surface area (Å²) in [5.41, 5.74) is 7.87. The van der Waals surface area contributed by atoms with Crippen LogP contribution in [0.3, 0.4) is 0 Å². The number of hydrogen-bond acceptors (Lipinski definition) is 4. The first kappa shape index (κ1) is 12.3. The van der Waals surface area contributed by atoms with Gasteiger partial charge in [0, 0.05) is 19.1 Å². The summed E-state index contributed by atoms with van der Waals surface area (Å²) in [6.07, 6.45) is 2.45. The molecule has 4 nitrogen and oxygen atoms in total. The van der Waals surface area contributed by atoms with Crippen LogP contribution in [0, 0.1) is 0 Å². The average molecular weight is 235 g/mol. The highest BCUT2D eigenvalue weighted by Crippen LogP contribution is 2.20. The lowest BCUT2D eigenvalue weighted by Crippen LogP contribution is -2.45. The largest absolute Gasteiger partial charge is 0.372 e. The molecule has 2 N–H and O–H groups in total. The molecular formula is C13H21N3O. The highest BCUT2D eigenvalue weighted by molar-refractivity contribution is 5.45. The maximum absolute atomic E-state index is 5.79. The van der Waals surface area contributed by atoms with Crippen LogP contribution in [0.15, 0.2) is 18.3 Å². The third-order valence-corrected chi connectivity index (χ3v) is 3.02. The van der Waals surface area contributed by atoms with Crippen molar-refractivity contribution in [3.05, 3.63) is 24.0 Å². The van der Waals surface area contributed by atoms with Crippen molar-refractivity contribution in [2.45, 2.75) is 39.0 Å². The van der Waals surface area contributed by atoms with Crippen LogP contribution < -0.4 is 10.6 Å². The van der Waals surface area contributed by atoms with Gasteiger partial charge in [0.05, 0.1) is 29.8 Å². The fraction of sp³-hybridized carbons (Fsp3) is 0.615. The lowest BCUT2D eigenvalue weighted by Gasteiger charge is -2.36. The van der Waals surface area contributed by atoms with Gasteiger partial charge < -0.3 is 15.4 Å². The number of nitrogens with two attached hydrogens (primary N) is 1. The molecule has 0 aliphatic carbocycles. The predicted molar refractivity (Wildman–Crippen MR) is 69.1 cm³/mol. The molecule has 1 aromatic rings. The van der Waals surface area contributed by atoms with Crippen LogP contribution in [0.2, 0.25) is 0 Å². The van der Waals surface area contributed by atoms with E-state index in [1.807, 2.05) is 19.2 Å². The van der Waals surface area contributed by atoms with Crippen LogP contribution in [-0.4, -0.2) is 30.3 Å². The van der Waals surface area contributed by atoms with Crippen molar-refractivity contribution < 1.29 is 4.74 Å². The van der Waals surface area contributed by atoms with E-state index < -0.39 is 0 Å². The minimum Gasteiger partial charge on any atom is -0.372 e. The molecular weight excluding hydrogens is 214 g/mol. The van der Waals surface area contributed by atoms with Gasteiger partial charge in [-0.15, -0.1) is 0 Å². The number of ether oxygens (including phenoxy) is 1. The van der Waals surface area contributed by atoms with Crippen LogP contribution in [0.5, 0.6) is 0 Å². The second-order valence-corrected chi connectivity index (χ2v) is 4.89. The van der Waals surface area contributed by atoms with Crippen molar-refractivity contribution in [3.8, 4) is 0 Å². The SMILES string of the molecule is C[C@@H]1CN(c2ccc([C@@H](C)N)nc2)C[C@H](C)O1. The van der Waals surface area contributed by atoms with Gasteiger partial charge in [0.1, 0.15) is 0 Å². The molecule has 1 aliphatic rings. The summed E-state index contributed by atoms with van der Waals surface area (Å²) < 4.78 is 5.72. The Morgan fingerprint density at radius 2 is 2.00 bits per heavy atom. The Bertz CT molecular complexity index is 353. The third-order valence-electron chi connectivity index (χ3n) is 3.02. The van der Waals surface area contributed by atoms with E-state index >= 15 is 0 Å². The normalized spacial score (nSPS) is 26.9. The molecule has 4 heteroatoms. The maximum atomic E-state index is 5.79. The van der Waals surface area contributed by atoms with Crippen molar-refractivity contribution in [2.75, 3.05) is 18.0 Å².